The summed E-state index contributed by atoms with van der Waals surface area (Å²) in [5, 5.41) is 54.2. The lowest BCUT2D eigenvalue weighted by molar-refractivity contribution is -0.118. The molecule has 0 spiro atoms. The minimum Gasteiger partial charge on any atom is -0.507 e. The van der Waals surface area contributed by atoms with Gasteiger partial charge in [-0.15, -0.1) is 15.3 Å². The van der Waals surface area contributed by atoms with Crippen molar-refractivity contribution in [2.75, 3.05) is 12.1 Å². The normalized spacial score (nSPS) is 14.8. The summed E-state index contributed by atoms with van der Waals surface area (Å²) in [6.45, 7) is 1.82. The van der Waals surface area contributed by atoms with Gasteiger partial charge in [-0.25, -0.2) is 0 Å². The number of nitrogens with two attached hydrogens (primary N) is 1. The maximum atomic E-state index is 13.2. The lowest BCUT2D eigenvalue weighted by atomic mass is 10.1. The minimum atomic E-state index is -4.47. The lowest BCUT2D eigenvalue weighted by Gasteiger charge is -2.12. The fourth-order valence-corrected chi connectivity index (χ4v) is 6.33. The van der Waals surface area contributed by atoms with E-state index < -0.39 is 32.9 Å². The van der Waals surface area contributed by atoms with Crippen molar-refractivity contribution in [2.24, 2.45) is 41.5 Å². The molecule has 0 bridgehead atoms. The van der Waals surface area contributed by atoms with Crippen molar-refractivity contribution in [3.05, 3.63) is 109 Å². The number of methoxy groups -OCH3 is 1. The molecule has 0 saturated carbocycles. The molecule has 0 radical (unpaired) electrons. The highest BCUT2D eigenvalue weighted by Gasteiger charge is 2.40. The van der Waals surface area contributed by atoms with Gasteiger partial charge in [-0.3, -0.25) is 14.1 Å². The molecule has 0 aliphatic carbocycles. The van der Waals surface area contributed by atoms with E-state index >= 15 is 0 Å². The summed E-state index contributed by atoms with van der Waals surface area (Å²) in [5.74, 6) is -1.51. The van der Waals surface area contributed by atoms with Gasteiger partial charge in [-0.1, -0.05) is 30.3 Å². The molecule has 6 aromatic rings. The van der Waals surface area contributed by atoms with Gasteiger partial charge in [-0.05, 0) is 90.0 Å². The number of carbonyl (C=O) groups is 2. The number of fused-ring (bicyclic) bond motifs is 2. The van der Waals surface area contributed by atoms with Gasteiger partial charge >= 0.3 is 0 Å². The Morgan fingerprint density at radius 1 is 0.804 bits per heavy atom. The summed E-state index contributed by atoms with van der Waals surface area (Å²) in [5.41, 5.74) is 7.70. The Hall–Kier alpha value is -7.44. The number of ether oxygens (including phenoxy) is 1. The average molecular weight is 772 g/mol. The molecule has 17 nitrogen and oxygen atoms in total. The van der Waals surface area contributed by atoms with Gasteiger partial charge in [0.05, 0.1) is 40.1 Å². The fourth-order valence-electron chi connectivity index (χ4n) is 5.85. The second kappa shape index (κ2) is 14.8. The number of hydrogen-bond donors (Lipinski definition) is 4. The zero-order chi connectivity index (χ0) is 39.7. The zero-order valence-corrected chi connectivity index (χ0v) is 30.2. The van der Waals surface area contributed by atoms with Gasteiger partial charge < -0.3 is 20.7 Å². The molecule has 5 N–H and O–H groups in total. The van der Waals surface area contributed by atoms with Crippen LogP contribution in [0.15, 0.2) is 144 Å². The van der Waals surface area contributed by atoms with E-state index in [1.54, 1.807) is 54.6 Å². The van der Waals surface area contributed by atoms with E-state index in [0.29, 0.717) is 44.5 Å². The van der Waals surface area contributed by atoms with Crippen LogP contribution in [0.1, 0.15) is 5.56 Å². The number of nitrogens with zero attached hydrogens (tertiary/aromatic N) is 8. The van der Waals surface area contributed by atoms with E-state index in [2.05, 4.69) is 35.8 Å². The maximum Gasteiger partial charge on any atom is 0.294 e. The Labute approximate surface area is 317 Å². The van der Waals surface area contributed by atoms with Crippen molar-refractivity contribution in [3.8, 4) is 17.2 Å². The Balaban J connectivity index is 1.09. The van der Waals surface area contributed by atoms with E-state index in [-0.39, 0.29) is 34.3 Å². The smallest absolute Gasteiger partial charge is 0.294 e. The molecule has 7 rings (SSSR count). The molecule has 18 heteroatoms. The van der Waals surface area contributed by atoms with Gasteiger partial charge in [0.1, 0.15) is 22.9 Å². The van der Waals surface area contributed by atoms with Gasteiger partial charge in [0.2, 0.25) is 6.04 Å². The molecule has 280 valence electrons. The summed E-state index contributed by atoms with van der Waals surface area (Å²) < 4.78 is 37.6. The van der Waals surface area contributed by atoms with Gasteiger partial charge in [0.25, 0.3) is 21.9 Å². The number of amides is 2. The van der Waals surface area contributed by atoms with Crippen LogP contribution in [0.3, 0.4) is 0 Å². The number of phenols is 2. The molecule has 1 heterocycles. The second-order valence-corrected chi connectivity index (χ2v) is 13.7. The standard InChI is InChI=1S/C38H29N9O8S/c1-20-17-30(32(55-2)19-29(20)43-41-27-7-3-5-21-6-4-8-31(48)33(21)27)44-42-28-16-9-22-18-23(10-15-26(22)36(28)49)40-45-35-34(37(39)50)46-47(38(35)51)24-11-13-25(14-12-24)56(52,53)54/h3-19,35,48-49H,1-2H3,(H2,39,50)(H,52,53,54)/b43-41+,44-42+,45-40+. The zero-order valence-electron chi connectivity index (χ0n) is 29.3. The number of phenolic OH excluding ortho intramolecular Hbond substituents is 2. The summed E-state index contributed by atoms with van der Waals surface area (Å²) >= 11 is 0. The van der Waals surface area contributed by atoms with E-state index in [1.807, 2.05) is 25.1 Å². The van der Waals surface area contributed by atoms with Gasteiger partial charge in [0, 0.05) is 11.5 Å². The third-order valence-electron chi connectivity index (χ3n) is 8.67. The first-order chi connectivity index (χ1) is 26.8. The van der Waals surface area contributed by atoms with Crippen LogP contribution in [0.25, 0.3) is 21.5 Å². The first-order valence-electron chi connectivity index (χ1n) is 16.5. The van der Waals surface area contributed by atoms with E-state index in [4.69, 9.17) is 10.5 Å². The van der Waals surface area contributed by atoms with Crippen molar-refractivity contribution in [1.29, 1.82) is 0 Å². The lowest BCUT2D eigenvalue weighted by Crippen LogP contribution is -2.35. The number of aromatic hydroxyl groups is 2. The largest absolute Gasteiger partial charge is 0.507 e. The first kappa shape index (κ1) is 36.9. The van der Waals surface area contributed by atoms with Crippen LogP contribution in [-0.2, 0) is 19.7 Å². The number of aryl methyl sites for hydroxylation is 1. The number of carbonyl (C=O) groups excluding carboxylic acids is 2. The molecule has 0 aromatic heterocycles. The van der Waals surface area contributed by atoms with Crippen LogP contribution in [0.5, 0.6) is 17.2 Å². The van der Waals surface area contributed by atoms with Crippen LogP contribution in [0.2, 0.25) is 0 Å². The van der Waals surface area contributed by atoms with Crippen molar-refractivity contribution >= 4 is 83.3 Å². The number of hydrazone groups is 1. The number of rotatable bonds is 10. The van der Waals surface area contributed by atoms with Crippen LogP contribution < -0.4 is 15.5 Å². The predicted octanol–water partition coefficient (Wildman–Crippen LogP) is 8.14. The third kappa shape index (κ3) is 7.24. The van der Waals surface area contributed by atoms with Crippen molar-refractivity contribution < 1.29 is 37.5 Å². The molecule has 1 aliphatic heterocycles. The molecule has 6 aromatic carbocycles. The molecule has 0 fully saturated rings. The van der Waals surface area contributed by atoms with Crippen LogP contribution in [-0.4, -0.2) is 53.9 Å². The predicted molar refractivity (Wildman–Crippen MR) is 206 cm³/mol. The van der Waals surface area contributed by atoms with E-state index in [9.17, 15) is 32.8 Å². The highest BCUT2D eigenvalue weighted by molar-refractivity contribution is 7.85. The van der Waals surface area contributed by atoms with Crippen LogP contribution >= 0.6 is 0 Å². The van der Waals surface area contributed by atoms with E-state index in [0.717, 1.165) is 22.5 Å². The van der Waals surface area contributed by atoms with Crippen molar-refractivity contribution in [1.82, 2.24) is 0 Å². The molecule has 2 amide bonds. The van der Waals surface area contributed by atoms with Crippen molar-refractivity contribution in [3.63, 3.8) is 0 Å². The molecular weight excluding hydrogens is 743 g/mol. The van der Waals surface area contributed by atoms with Gasteiger partial charge in [-0.2, -0.15) is 33.9 Å². The Kier molecular flexibility index (Phi) is 9.73. The molecule has 56 heavy (non-hydrogen) atoms. The molecule has 1 unspecified atom stereocenters. The Morgan fingerprint density at radius 3 is 2.21 bits per heavy atom. The summed E-state index contributed by atoms with van der Waals surface area (Å²) in [4.78, 5) is 24.9. The SMILES string of the molecule is COc1cc(/N=N/c2cccc3cccc(O)c23)c(C)cc1/N=N/c1ccc2cc(/N=N/C3C(=O)N(c4ccc(S(=O)(=O)O)cc4)N=C3C(N)=O)ccc2c1O. The summed E-state index contributed by atoms with van der Waals surface area (Å²) in [6, 6.07) is 25.0. The number of hydrogen-bond acceptors (Lipinski definition) is 14. The molecule has 0 saturated heterocycles. The number of anilines is 1. The number of azo groups is 3. The van der Waals surface area contributed by atoms with Gasteiger partial charge in [0.15, 0.2) is 11.5 Å². The maximum absolute atomic E-state index is 13.2. The quantitative estimate of drug-likeness (QED) is 0.0779. The van der Waals surface area contributed by atoms with Crippen LogP contribution in [0, 0.1) is 6.92 Å². The summed E-state index contributed by atoms with van der Waals surface area (Å²) in [7, 11) is -3.00. The fraction of sp³-hybridized carbons (Fsp3) is 0.0789. The second-order valence-electron chi connectivity index (χ2n) is 12.3. The molecular formula is C38H29N9O8S. The monoisotopic (exact) mass is 771 g/mol. The Morgan fingerprint density at radius 2 is 1.50 bits per heavy atom. The molecule has 1 aliphatic rings. The van der Waals surface area contributed by atoms with E-state index in [1.165, 1.54) is 25.3 Å². The summed E-state index contributed by atoms with van der Waals surface area (Å²) in [6.07, 6.45) is 0. The third-order valence-corrected chi connectivity index (χ3v) is 9.54. The number of benzene rings is 6. The topological polar surface area (TPSA) is 254 Å². The highest BCUT2D eigenvalue weighted by Crippen LogP contribution is 2.41. The number of primary amides is 1. The minimum absolute atomic E-state index is 0.0968. The first-order valence-corrected chi connectivity index (χ1v) is 18.0. The Bertz CT molecular complexity index is 2820. The van der Waals surface area contributed by atoms with Crippen molar-refractivity contribution in [2.45, 2.75) is 17.9 Å². The van der Waals surface area contributed by atoms with Crippen LogP contribution in [0.4, 0.5) is 34.1 Å². The average Bonchev–Trinajstić information content (AvgIpc) is 3.52. The highest BCUT2D eigenvalue weighted by atomic mass is 32.2. The molecule has 1 atom stereocenters.